The molecule has 2 aromatic heterocycles. The number of H-pyrrole nitrogens is 1. The number of sulfonamides is 1. The van der Waals surface area contributed by atoms with E-state index >= 15 is 0 Å². The van der Waals surface area contributed by atoms with Crippen molar-refractivity contribution in [2.24, 2.45) is 0 Å². The molecule has 0 saturated carbocycles. The molecular formula is C10H14N4O3S2. The number of aliphatic hydroxyl groups excluding tert-OH is 1. The zero-order valence-corrected chi connectivity index (χ0v) is 11.9. The molecule has 0 fully saturated rings. The highest BCUT2D eigenvalue weighted by molar-refractivity contribution is 7.89. The lowest BCUT2D eigenvalue weighted by Gasteiger charge is -2.06. The number of aromatic nitrogens is 3. The number of aryl methyl sites for hydroxylation is 1. The fourth-order valence-electron chi connectivity index (χ4n) is 1.68. The summed E-state index contributed by atoms with van der Waals surface area (Å²) in [7, 11) is -3.67. The molecule has 0 unspecified atom stereocenters. The molecule has 0 aliphatic rings. The van der Waals surface area contributed by atoms with Gasteiger partial charge in [-0.1, -0.05) is 0 Å². The molecule has 7 nitrogen and oxygen atoms in total. The minimum absolute atomic E-state index is 0.0216. The minimum Gasteiger partial charge on any atom is -0.390 e. The van der Waals surface area contributed by atoms with Crippen LogP contribution >= 0.6 is 11.3 Å². The number of aromatic amines is 1. The molecular weight excluding hydrogens is 288 g/mol. The number of nitrogens with zero attached hydrogens (tertiary/aromatic N) is 2. The summed E-state index contributed by atoms with van der Waals surface area (Å²) >= 11 is 1.47. The molecule has 2 rings (SSSR count). The molecule has 3 N–H and O–H groups in total. The molecule has 0 radical (unpaired) electrons. The molecule has 0 spiro atoms. The van der Waals surface area contributed by atoms with Gasteiger partial charge in [0, 0.05) is 18.3 Å². The van der Waals surface area contributed by atoms with E-state index < -0.39 is 16.6 Å². The van der Waals surface area contributed by atoms with E-state index in [1.54, 1.807) is 12.4 Å². The van der Waals surface area contributed by atoms with Crippen LogP contribution in [0, 0.1) is 6.92 Å². The number of rotatable bonds is 6. The maximum Gasteiger partial charge on any atom is 0.244 e. The van der Waals surface area contributed by atoms with E-state index in [9.17, 15) is 8.42 Å². The molecule has 19 heavy (non-hydrogen) atoms. The standard InChI is InChI=1S/C10H14N4O3S2/c1-7-10(9(4-15)14-13-7)19(16,17)12-3-2-8-5-18-6-11-8/h5-6,12,15H,2-4H2,1H3,(H,13,14). The highest BCUT2D eigenvalue weighted by Gasteiger charge is 2.23. The fraction of sp³-hybridized carbons (Fsp3) is 0.400. The quantitative estimate of drug-likeness (QED) is 0.706. The zero-order chi connectivity index (χ0) is 13.9. The summed E-state index contributed by atoms with van der Waals surface area (Å²) in [5.41, 5.74) is 3.08. The molecule has 0 aliphatic heterocycles. The summed E-state index contributed by atoms with van der Waals surface area (Å²) in [5.74, 6) is 0. The Hall–Kier alpha value is -1.29. The fourth-order valence-corrected chi connectivity index (χ4v) is 3.66. The van der Waals surface area contributed by atoms with Gasteiger partial charge >= 0.3 is 0 Å². The van der Waals surface area contributed by atoms with Gasteiger partial charge in [0.05, 0.1) is 23.5 Å². The van der Waals surface area contributed by atoms with E-state index in [0.29, 0.717) is 12.1 Å². The van der Waals surface area contributed by atoms with Crippen LogP contribution in [0.4, 0.5) is 0 Å². The van der Waals surface area contributed by atoms with Gasteiger partial charge in [0.1, 0.15) is 10.6 Å². The van der Waals surface area contributed by atoms with Crippen molar-refractivity contribution in [1.82, 2.24) is 19.9 Å². The molecule has 104 valence electrons. The van der Waals surface area contributed by atoms with Crippen LogP contribution < -0.4 is 4.72 Å². The van der Waals surface area contributed by atoms with Gasteiger partial charge in [-0.25, -0.2) is 18.1 Å². The summed E-state index contributed by atoms with van der Waals surface area (Å²) in [6.07, 6.45) is 0.522. The molecule has 0 atom stereocenters. The topological polar surface area (TPSA) is 108 Å². The van der Waals surface area contributed by atoms with Crippen molar-refractivity contribution in [3.05, 3.63) is 28.0 Å². The maximum absolute atomic E-state index is 12.1. The number of aliphatic hydroxyl groups is 1. The highest BCUT2D eigenvalue weighted by atomic mass is 32.2. The minimum atomic E-state index is -3.67. The number of thiazole rings is 1. The van der Waals surface area contributed by atoms with Gasteiger partial charge in [-0.3, -0.25) is 5.10 Å². The van der Waals surface area contributed by atoms with Gasteiger partial charge in [-0.15, -0.1) is 11.3 Å². The third kappa shape index (κ3) is 3.18. The number of hydrogen-bond acceptors (Lipinski definition) is 6. The monoisotopic (exact) mass is 302 g/mol. The maximum atomic E-state index is 12.1. The van der Waals surface area contributed by atoms with Crippen LogP contribution in [-0.2, 0) is 23.1 Å². The Balaban J connectivity index is 2.07. The summed E-state index contributed by atoms with van der Waals surface area (Å²) in [5, 5.41) is 17.3. The van der Waals surface area contributed by atoms with E-state index in [1.165, 1.54) is 11.3 Å². The molecule has 2 aromatic rings. The van der Waals surface area contributed by atoms with Gasteiger partial charge in [-0.2, -0.15) is 5.10 Å². The predicted molar refractivity (Wildman–Crippen MR) is 70.3 cm³/mol. The number of hydrogen-bond donors (Lipinski definition) is 3. The van der Waals surface area contributed by atoms with E-state index in [2.05, 4.69) is 19.9 Å². The largest absolute Gasteiger partial charge is 0.390 e. The van der Waals surface area contributed by atoms with Gasteiger partial charge < -0.3 is 5.11 Å². The summed E-state index contributed by atoms with van der Waals surface area (Å²) in [4.78, 5) is 4.10. The van der Waals surface area contributed by atoms with Crippen LogP contribution in [0.2, 0.25) is 0 Å². The Labute approximate surface area is 114 Å². The van der Waals surface area contributed by atoms with Crippen LogP contribution in [0.5, 0.6) is 0 Å². The Morgan fingerprint density at radius 1 is 1.53 bits per heavy atom. The first-order valence-electron chi connectivity index (χ1n) is 5.56. The average Bonchev–Trinajstić information content (AvgIpc) is 2.98. The van der Waals surface area contributed by atoms with Crippen molar-refractivity contribution in [3.8, 4) is 0 Å². The first-order valence-corrected chi connectivity index (χ1v) is 7.98. The summed E-state index contributed by atoms with van der Waals surface area (Å²) in [6, 6.07) is 0. The Morgan fingerprint density at radius 2 is 2.32 bits per heavy atom. The van der Waals surface area contributed by atoms with Crippen molar-refractivity contribution in [2.45, 2.75) is 24.8 Å². The lowest BCUT2D eigenvalue weighted by Crippen LogP contribution is -2.27. The van der Waals surface area contributed by atoms with Crippen molar-refractivity contribution in [2.75, 3.05) is 6.54 Å². The highest BCUT2D eigenvalue weighted by Crippen LogP contribution is 2.17. The normalized spacial score (nSPS) is 11.9. The second-order valence-corrected chi connectivity index (χ2v) is 6.33. The van der Waals surface area contributed by atoms with Crippen molar-refractivity contribution >= 4 is 21.4 Å². The van der Waals surface area contributed by atoms with Gasteiger partial charge in [0.25, 0.3) is 0 Å². The molecule has 9 heteroatoms. The van der Waals surface area contributed by atoms with Crippen molar-refractivity contribution in [3.63, 3.8) is 0 Å². The third-order valence-electron chi connectivity index (χ3n) is 2.54. The molecule has 2 heterocycles. The SMILES string of the molecule is Cc1[nH]nc(CO)c1S(=O)(=O)NCCc1cscn1. The molecule has 0 bridgehead atoms. The van der Waals surface area contributed by atoms with E-state index in [1.807, 2.05) is 5.38 Å². The summed E-state index contributed by atoms with van der Waals surface area (Å²) < 4.78 is 26.7. The smallest absolute Gasteiger partial charge is 0.244 e. The molecule has 0 aromatic carbocycles. The van der Waals surface area contributed by atoms with Gasteiger partial charge in [-0.05, 0) is 6.92 Å². The lowest BCUT2D eigenvalue weighted by atomic mass is 10.3. The van der Waals surface area contributed by atoms with E-state index in [-0.39, 0.29) is 17.1 Å². The summed E-state index contributed by atoms with van der Waals surface area (Å²) in [6.45, 7) is 1.43. The van der Waals surface area contributed by atoms with Crippen LogP contribution in [0.25, 0.3) is 0 Å². The second kappa shape index (κ2) is 5.78. The van der Waals surface area contributed by atoms with Crippen LogP contribution in [0.3, 0.4) is 0 Å². The van der Waals surface area contributed by atoms with Crippen LogP contribution in [-0.4, -0.2) is 35.3 Å². The van der Waals surface area contributed by atoms with Crippen LogP contribution in [0.1, 0.15) is 17.1 Å². The van der Waals surface area contributed by atoms with Crippen molar-refractivity contribution < 1.29 is 13.5 Å². The van der Waals surface area contributed by atoms with E-state index in [4.69, 9.17) is 5.11 Å². The number of nitrogens with one attached hydrogen (secondary N) is 2. The van der Waals surface area contributed by atoms with Gasteiger partial charge in [0.2, 0.25) is 10.0 Å². The first-order chi connectivity index (χ1) is 9.04. The zero-order valence-electron chi connectivity index (χ0n) is 10.3. The van der Waals surface area contributed by atoms with Gasteiger partial charge in [0.15, 0.2) is 0 Å². The average molecular weight is 302 g/mol. The predicted octanol–water partition coefficient (Wildman–Crippen LogP) is 0.188. The Bertz CT molecular complexity index is 634. The second-order valence-electron chi connectivity index (χ2n) is 3.91. The van der Waals surface area contributed by atoms with Crippen molar-refractivity contribution in [1.29, 1.82) is 0 Å². The Morgan fingerprint density at radius 3 is 2.95 bits per heavy atom. The lowest BCUT2D eigenvalue weighted by molar-refractivity contribution is 0.273. The molecule has 0 aliphatic carbocycles. The third-order valence-corrected chi connectivity index (χ3v) is 4.84. The molecule has 0 amide bonds. The van der Waals surface area contributed by atoms with E-state index in [0.717, 1.165) is 5.69 Å². The van der Waals surface area contributed by atoms with Crippen LogP contribution in [0.15, 0.2) is 15.8 Å². The first kappa shape index (κ1) is 14.1. The Kier molecular flexibility index (Phi) is 4.30. The molecule has 0 saturated heterocycles.